The van der Waals surface area contributed by atoms with Gasteiger partial charge in [-0.2, -0.15) is 0 Å². The SMILES string of the molecule is Cc1ccccc1CC1(O)C=CC(C(=O)O)C(O)=C1. The zero-order valence-electron chi connectivity index (χ0n) is 10.6. The number of aryl methyl sites for hydroxylation is 1. The van der Waals surface area contributed by atoms with Crippen LogP contribution in [0.4, 0.5) is 0 Å². The lowest BCUT2D eigenvalue weighted by atomic mass is 9.85. The van der Waals surface area contributed by atoms with Crippen molar-refractivity contribution in [3.05, 3.63) is 59.4 Å². The Labute approximate surface area is 111 Å². The van der Waals surface area contributed by atoms with E-state index in [0.717, 1.165) is 11.1 Å². The van der Waals surface area contributed by atoms with Crippen molar-refractivity contribution in [1.82, 2.24) is 0 Å². The summed E-state index contributed by atoms with van der Waals surface area (Å²) in [4.78, 5) is 10.9. The fourth-order valence-corrected chi connectivity index (χ4v) is 2.19. The summed E-state index contributed by atoms with van der Waals surface area (Å²) in [6, 6.07) is 7.62. The van der Waals surface area contributed by atoms with Gasteiger partial charge in [-0.3, -0.25) is 4.79 Å². The van der Waals surface area contributed by atoms with Crippen LogP contribution in [0.2, 0.25) is 0 Å². The van der Waals surface area contributed by atoms with E-state index in [1.807, 2.05) is 31.2 Å². The minimum Gasteiger partial charge on any atom is -0.511 e. The molecule has 0 bridgehead atoms. The van der Waals surface area contributed by atoms with E-state index in [0.29, 0.717) is 6.42 Å². The summed E-state index contributed by atoms with van der Waals surface area (Å²) in [5.74, 6) is -2.54. The highest BCUT2D eigenvalue weighted by atomic mass is 16.4. The van der Waals surface area contributed by atoms with Gasteiger partial charge < -0.3 is 15.3 Å². The summed E-state index contributed by atoms with van der Waals surface area (Å²) in [5, 5.41) is 29.0. The summed E-state index contributed by atoms with van der Waals surface area (Å²) < 4.78 is 0. The van der Waals surface area contributed by atoms with Crippen LogP contribution in [0, 0.1) is 12.8 Å². The molecule has 0 amide bonds. The molecule has 0 aliphatic heterocycles. The van der Waals surface area contributed by atoms with Crippen molar-refractivity contribution in [3.8, 4) is 0 Å². The number of carboxylic acid groups (broad SMARTS) is 1. The molecule has 0 aromatic heterocycles. The quantitative estimate of drug-likeness (QED) is 0.726. The molecule has 3 N–H and O–H groups in total. The molecule has 4 heteroatoms. The van der Waals surface area contributed by atoms with Gasteiger partial charge in [-0.1, -0.05) is 36.4 Å². The topological polar surface area (TPSA) is 77.8 Å². The normalized spacial score (nSPS) is 26.0. The number of aliphatic carboxylic acids is 1. The molecule has 0 saturated carbocycles. The lowest BCUT2D eigenvalue weighted by molar-refractivity contribution is -0.139. The van der Waals surface area contributed by atoms with Gasteiger partial charge in [-0.05, 0) is 24.1 Å². The van der Waals surface area contributed by atoms with Crippen LogP contribution in [0.3, 0.4) is 0 Å². The highest BCUT2D eigenvalue weighted by Crippen LogP contribution is 2.27. The molecule has 1 aromatic rings. The Kier molecular flexibility index (Phi) is 3.44. The highest BCUT2D eigenvalue weighted by molar-refractivity contribution is 5.76. The molecule has 1 aliphatic rings. The molecule has 0 spiro atoms. The second kappa shape index (κ2) is 4.90. The summed E-state index contributed by atoms with van der Waals surface area (Å²) in [5.41, 5.74) is 0.646. The van der Waals surface area contributed by atoms with Crippen LogP contribution in [-0.4, -0.2) is 26.9 Å². The maximum Gasteiger partial charge on any atom is 0.318 e. The average Bonchev–Trinajstić information content (AvgIpc) is 2.31. The van der Waals surface area contributed by atoms with Crippen LogP contribution in [-0.2, 0) is 11.2 Å². The minimum absolute atomic E-state index is 0.298. The molecule has 19 heavy (non-hydrogen) atoms. The van der Waals surface area contributed by atoms with E-state index in [9.17, 15) is 15.0 Å². The van der Waals surface area contributed by atoms with Crippen LogP contribution in [0.1, 0.15) is 11.1 Å². The van der Waals surface area contributed by atoms with Gasteiger partial charge >= 0.3 is 5.97 Å². The van der Waals surface area contributed by atoms with Crippen LogP contribution in [0.15, 0.2) is 48.3 Å². The molecule has 0 saturated heterocycles. The number of hydrogen-bond donors (Lipinski definition) is 3. The van der Waals surface area contributed by atoms with E-state index in [2.05, 4.69) is 0 Å². The van der Waals surface area contributed by atoms with E-state index in [4.69, 9.17) is 5.11 Å². The van der Waals surface area contributed by atoms with Crippen LogP contribution in [0.5, 0.6) is 0 Å². The van der Waals surface area contributed by atoms with Gasteiger partial charge in [0.05, 0.1) is 0 Å². The number of hydrogen-bond acceptors (Lipinski definition) is 3. The van der Waals surface area contributed by atoms with Crippen LogP contribution >= 0.6 is 0 Å². The van der Waals surface area contributed by atoms with Gasteiger partial charge in [0.15, 0.2) is 0 Å². The van der Waals surface area contributed by atoms with Crippen molar-refractivity contribution < 1.29 is 20.1 Å². The molecule has 4 nitrogen and oxygen atoms in total. The van der Waals surface area contributed by atoms with Crippen LogP contribution in [0.25, 0.3) is 0 Å². The summed E-state index contributed by atoms with van der Waals surface area (Å²) in [6.45, 7) is 1.94. The van der Waals surface area contributed by atoms with Crippen molar-refractivity contribution in [2.75, 3.05) is 0 Å². The van der Waals surface area contributed by atoms with Crippen molar-refractivity contribution >= 4 is 5.97 Å². The first-order valence-corrected chi connectivity index (χ1v) is 6.02. The average molecular weight is 260 g/mol. The number of benzene rings is 1. The Hall–Kier alpha value is -2.07. The zero-order chi connectivity index (χ0) is 14.0. The van der Waals surface area contributed by atoms with Crippen LogP contribution < -0.4 is 0 Å². The smallest absolute Gasteiger partial charge is 0.318 e. The fourth-order valence-electron chi connectivity index (χ4n) is 2.19. The standard InChI is InChI=1S/C15H16O4/c1-10-4-2-3-5-11(10)8-15(19)7-6-12(14(17)18)13(16)9-15/h2-7,9,12,16,19H,8H2,1H3,(H,17,18). The number of carbonyl (C=O) groups is 1. The Balaban J connectivity index is 2.25. The van der Waals surface area contributed by atoms with Gasteiger partial charge in [0.2, 0.25) is 0 Å². The Morgan fingerprint density at radius 3 is 2.63 bits per heavy atom. The monoisotopic (exact) mass is 260 g/mol. The number of carboxylic acids is 1. The molecule has 2 atom stereocenters. The second-order valence-electron chi connectivity index (χ2n) is 4.84. The molecule has 100 valence electrons. The number of rotatable bonds is 3. The Morgan fingerprint density at radius 1 is 1.37 bits per heavy atom. The van der Waals surface area contributed by atoms with Crippen molar-refractivity contribution in [3.63, 3.8) is 0 Å². The molecule has 0 radical (unpaired) electrons. The van der Waals surface area contributed by atoms with E-state index in [-0.39, 0.29) is 5.76 Å². The second-order valence-corrected chi connectivity index (χ2v) is 4.84. The largest absolute Gasteiger partial charge is 0.511 e. The summed E-state index contributed by atoms with van der Waals surface area (Å²) in [6.07, 6.45) is 4.25. The fraction of sp³-hybridized carbons (Fsp3) is 0.267. The molecular formula is C15H16O4. The molecular weight excluding hydrogens is 244 g/mol. The first kappa shape index (κ1) is 13.4. The van der Waals surface area contributed by atoms with E-state index < -0.39 is 17.5 Å². The highest BCUT2D eigenvalue weighted by Gasteiger charge is 2.31. The Morgan fingerprint density at radius 2 is 2.05 bits per heavy atom. The van der Waals surface area contributed by atoms with Crippen molar-refractivity contribution in [2.24, 2.45) is 5.92 Å². The molecule has 0 fully saturated rings. The van der Waals surface area contributed by atoms with Gasteiger partial charge in [0.1, 0.15) is 17.3 Å². The predicted molar refractivity (Wildman–Crippen MR) is 70.8 cm³/mol. The third-order valence-corrected chi connectivity index (χ3v) is 3.29. The van der Waals surface area contributed by atoms with Gasteiger partial charge in [-0.15, -0.1) is 0 Å². The lowest BCUT2D eigenvalue weighted by Gasteiger charge is -2.26. The third-order valence-electron chi connectivity index (χ3n) is 3.29. The molecule has 2 unspecified atom stereocenters. The third kappa shape index (κ3) is 2.85. The zero-order valence-corrected chi connectivity index (χ0v) is 10.6. The van der Waals surface area contributed by atoms with Gasteiger partial charge in [-0.25, -0.2) is 0 Å². The molecule has 0 heterocycles. The van der Waals surface area contributed by atoms with Gasteiger partial charge in [0, 0.05) is 6.42 Å². The van der Waals surface area contributed by atoms with Gasteiger partial charge in [0.25, 0.3) is 0 Å². The maximum atomic E-state index is 10.9. The van der Waals surface area contributed by atoms with E-state index in [1.54, 1.807) is 0 Å². The first-order valence-electron chi connectivity index (χ1n) is 6.02. The predicted octanol–water partition coefficient (Wildman–Crippen LogP) is 1.98. The van der Waals surface area contributed by atoms with E-state index >= 15 is 0 Å². The molecule has 2 rings (SSSR count). The number of aliphatic hydroxyl groups is 2. The summed E-state index contributed by atoms with van der Waals surface area (Å²) >= 11 is 0. The minimum atomic E-state index is -1.35. The molecule has 1 aliphatic carbocycles. The first-order chi connectivity index (χ1) is 8.91. The van der Waals surface area contributed by atoms with Crippen molar-refractivity contribution in [1.29, 1.82) is 0 Å². The van der Waals surface area contributed by atoms with E-state index in [1.165, 1.54) is 18.2 Å². The van der Waals surface area contributed by atoms with Crippen molar-refractivity contribution in [2.45, 2.75) is 18.9 Å². The maximum absolute atomic E-state index is 10.9. The lowest BCUT2D eigenvalue weighted by Crippen LogP contribution is -2.32. The molecule has 1 aromatic carbocycles. The number of aliphatic hydroxyl groups excluding tert-OH is 1. The summed E-state index contributed by atoms with van der Waals surface area (Å²) in [7, 11) is 0. The Bertz CT molecular complexity index is 559.